The molecule has 4 aliphatic carbocycles. The lowest BCUT2D eigenvalue weighted by Crippen LogP contribution is -2.59. The molecule has 4 fully saturated rings. The Labute approximate surface area is 189 Å². The summed E-state index contributed by atoms with van der Waals surface area (Å²) in [6, 6.07) is 11.1. The maximum Gasteiger partial charge on any atom is 0.290 e. The zero-order valence-corrected chi connectivity index (χ0v) is 18.8. The second-order valence-electron chi connectivity index (χ2n) is 10.9. The van der Waals surface area contributed by atoms with Gasteiger partial charge in [0.15, 0.2) is 5.76 Å². The summed E-state index contributed by atoms with van der Waals surface area (Å²) in [4.78, 5) is 28.6. The molecule has 0 unspecified atom stereocenters. The molecule has 2 amide bonds. The van der Waals surface area contributed by atoms with Crippen molar-refractivity contribution in [3.63, 3.8) is 0 Å². The molecular weight excluding hydrogens is 400 g/mol. The highest BCUT2D eigenvalue weighted by molar-refractivity contribution is 5.96. The summed E-state index contributed by atoms with van der Waals surface area (Å²) in [7, 11) is 0. The van der Waals surface area contributed by atoms with Crippen LogP contribution >= 0.6 is 0 Å². The lowest BCUT2D eigenvalue weighted by molar-refractivity contribution is -0.130. The minimum Gasteiger partial charge on any atom is -0.459 e. The topological polar surface area (TPSA) is 62.6 Å². The second-order valence-corrected chi connectivity index (χ2v) is 10.9. The van der Waals surface area contributed by atoms with Crippen LogP contribution in [0.15, 0.2) is 47.1 Å². The number of hydrogen-bond acceptors (Lipinski definition) is 3. The number of nitrogens with zero attached hydrogens (tertiary/aromatic N) is 1. The van der Waals surface area contributed by atoms with Crippen molar-refractivity contribution in [2.24, 2.45) is 23.2 Å². The summed E-state index contributed by atoms with van der Waals surface area (Å²) < 4.78 is 5.39. The summed E-state index contributed by atoms with van der Waals surface area (Å²) in [6.45, 7) is 2.64. The Morgan fingerprint density at radius 2 is 1.66 bits per heavy atom. The van der Waals surface area contributed by atoms with Crippen LogP contribution in [0.5, 0.6) is 0 Å². The van der Waals surface area contributed by atoms with Crippen LogP contribution in [-0.4, -0.2) is 28.8 Å². The first-order valence-electron chi connectivity index (χ1n) is 12.2. The van der Waals surface area contributed by atoms with E-state index in [9.17, 15) is 9.59 Å². The zero-order chi connectivity index (χ0) is 21.9. The highest BCUT2D eigenvalue weighted by Gasteiger charge is 2.53. The molecule has 0 radical (unpaired) electrons. The minimum atomic E-state index is -0.515. The molecule has 0 spiro atoms. The summed E-state index contributed by atoms with van der Waals surface area (Å²) in [5.41, 5.74) is 2.50. The van der Waals surface area contributed by atoms with Crippen LogP contribution in [0, 0.1) is 23.2 Å². The highest BCUT2D eigenvalue weighted by Crippen LogP contribution is 2.61. The molecule has 4 bridgehead atoms. The zero-order valence-electron chi connectivity index (χ0n) is 18.8. The second kappa shape index (κ2) is 7.50. The van der Waals surface area contributed by atoms with Crippen LogP contribution in [0.1, 0.15) is 67.1 Å². The van der Waals surface area contributed by atoms with Crippen molar-refractivity contribution in [2.75, 3.05) is 0 Å². The molecule has 1 aromatic carbocycles. The molecule has 32 heavy (non-hydrogen) atoms. The van der Waals surface area contributed by atoms with Gasteiger partial charge >= 0.3 is 0 Å². The van der Waals surface area contributed by atoms with Gasteiger partial charge < -0.3 is 14.6 Å². The van der Waals surface area contributed by atoms with Crippen LogP contribution in [0.4, 0.5) is 0 Å². The monoisotopic (exact) mass is 432 g/mol. The molecule has 2 aromatic rings. The SMILES string of the molecule is C[C@@H](NC(=O)[C@@H]1Cc2ccccc2CN1C(=O)c1ccco1)C12CC3CC(CC(C3)C1)C2. The first-order chi connectivity index (χ1) is 15.5. The van der Waals surface area contributed by atoms with E-state index in [0.717, 1.165) is 28.9 Å². The molecule has 7 rings (SSSR count). The van der Waals surface area contributed by atoms with Crippen molar-refractivity contribution in [3.8, 4) is 0 Å². The highest BCUT2D eigenvalue weighted by atomic mass is 16.3. The van der Waals surface area contributed by atoms with E-state index in [1.807, 2.05) is 18.2 Å². The molecule has 4 saturated carbocycles. The first kappa shape index (κ1) is 20.1. The average molecular weight is 433 g/mol. The maximum absolute atomic E-state index is 13.7. The molecule has 1 aromatic heterocycles. The van der Waals surface area contributed by atoms with E-state index in [1.165, 1.54) is 44.8 Å². The number of carbonyl (C=O) groups is 2. The van der Waals surface area contributed by atoms with E-state index in [-0.39, 0.29) is 29.0 Å². The Morgan fingerprint density at radius 3 is 2.28 bits per heavy atom. The summed E-state index contributed by atoms with van der Waals surface area (Å²) in [5.74, 6) is 2.59. The van der Waals surface area contributed by atoms with Crippen molar-refractivity contribution in [3.05, 3.63) is 59.5 Å². The predicted molar refractivity (Wildman–Crippen MR) is 121 cm³/mol. The smallest absolute Gasteiger partial charge is 0.290 e. The molecule has 5 heteroatoms. The van der Waals surface area contributed by atoms with Gasteiger partial charge in [-0.05, 0) is 91.9 Å². The Kier molecular flexibility index (Phi) is 4.70. The third-order valence-electron chi connectivity index (χ3n) is 8.91. The Morgan fingerprint density at radius 1 is 1.00 bits per heavy atom. The number of fused-ring (bicyclic) bond motifs is 1. The number of hydrogen-bond donors (Lipinski definition) is 1. The molecule has 1 N–H and O–H groups in total. The van der Waals surface area contributed by atoms with Crippen molar-refractivity contribution < 1.29 is 14.0 Å². The van der Waals surface area contributed by atoms with Gasteiger partial charge in [-0.1, -0.05) is 24.3 Å². The van der Waals surface area contributed by atoms with Crippen LogP contribution in [0.2, 0.25) is 0 Å². The summed E-state index contributed by atoms with van der Waals surface area (Å²) in [6.07, 6.45) is 9.99. The fourth-order valence-electron chi connectivity index (χ4n) is 7.68. The lowest BCUT2D eigenvalue weighted by atomic mass is 9.48. The molecule has 2 atom stereocenters. The number of benzene rings is 1. The standard InChI is InChI=1S/C27H32N2O3/c1-17(27-13-18-9-19(14-27)11-20(10-18)15-27)28-25(30)23-12-21-5-2-3-6-22(21)16-29(23)26(31)24-7-4-8-32-24/h2-8,17-20,23H,9-16H2,1H3,(H,28,30)/t17-,18?,19?,20?,23+,27?/m1/s1. The normalized spacial score (nSPS) is 33.6. The van der Waals surface area contributed by atoms with Gasteiger partial charge in [-0.15, -0.1) is 0 Å². The van der Waals surface area contributed by atoms with Gasteiger partial charge in [0.1, 0.15) is 6.04 Å². The molecule has 5 aliphatic rings. The molecule has 168 valence electrons. The molecule has 5 nitrogen and oxygen atoms in total. The van der Waals surface area contributed by atoms with Crippen molar-refractivity contribution in [2.45, 2.75) is 70.5 Å². The quantitative estimate of drug-likeness (QED) is 0.770. The summed E-state index contributed by atoms with van der Waals surface area (Å²) >= 11 is 0. The van der Waals surface area contributed by atoms with Crippen LogP contribution < -0.4 is 5.32 Å². The van der Waals surface area contributed by atoms with Gasteiger partial charge in [-0.3, -0.25) is 9.59 Å². The van der Waals surface area contributed by atoms with E-state index in [2.05, 4.69) is 18.3 Å². The van der Waals surface area contributed by atoms with E-state index >= 15 is 0 Å². The van der Waals surface area contributed by atoms with Crippen molar-refractivity contribution in [1.29, 1.82) is 0 Å². The summed E-state index contributed by atoms with van der Waals surface area (Å²) in [5, 5.41) is 3.40. The Balaban J connectivity index is 1.25. The third kappa shape index (κ3) is 3.28. The molecule has 1 aliphatic heterocycles. The largest absolute Gasteiger partial charge is 0.459 e. The van der Waals surface area contributed by atoms with E-state index < -0.39 is 6.04 Å². The fraction of sp³-hybridized carbons (Fsp3) is 0.556. The van der Waals surface area contributed by atoms with E-state index in [4.69, 9.17) is 4.42 Å². The van der Waals surface area contributed by atoms with Gasteiger partial charge in [-0.25, -0.2) is 0 Å². The average Bonchev–Trinajstić information content (AvgIpc) is 3.32. The molecule has 0 saturated heterocycles. The van der Waals surface area contributed by atoms with Crippen LogP contribution in [0.3, 0.4) is 0 Å². The Hall–Kier alpha value is -2.56. The van der Waals surface area contributed by atoms with Crippen LogP contribution in [0.25, 0.3) is 0 Å². The minimum absolute atomic E-state index is 0.0253. The number of carbonyl (C=O) groups excluding carboxylic acids is 2. The molecular formula is C27H32N2O3. The van der Waals surface area contributed by atoms with E-state index in [1.54, 1.807) is 17.0 Å². The van der Waals surface area contributed by atoms with Gasteiger partial charge in [0.2, 0.25) is 5.91 Å². The Bertz CT molecular complexity index is 992. The maximum atomic E-state index is 13.7. The van der Waals surface area contributed by atoms with Gasteiger partial charge in [0.05, 0.1) is 6.26 Å². The van der Waals surface area contributed by atoms with Crippen molar-refractivity contribution in [1.82, 2.24) is 10.2 Å². The number of rotatable bonds is 4. The predicted octanol–water partition coefficient (Wildman–Crippen LogP) is 4.57. The number of amides is 2. The van der Waals surface area contributed by atoms with Gasteiger partial charge in [0.25, 0.3) is 5.91 Å². The van der Waals surface area contributed by atoms with Crippen LogP contribution in [-0.2, 0) is 17.8 Å². The van der Waals surface area contributed by atoms with Crippen molar-refractivity contribution >= 4 is 11.8 Å². The fourth-order valence-corrected chi connectivity index (χ4v) is 7.68. The first-order valence-corrected chi connectivity index (χ1v) is 12.2. The van der Waals surface area contributed by atoms with Gasteiger partial charge in [0, 0.05) is 19.0 Å². The molecule has 2 heterocycles. The number of furan rings is 1. The van der Waals surface area contributed by atoms with E-state index in [0.29, 0.717) is 13.0 Å². The number of nitrogens with one attached hydrogen (secondary N) is 1. The lowest BCUT2D eigenvalue weighted by Gasteiger charge is -2.59. The third-order valence-corrected chi connectivity index (χ3v) is 8.91. The van der Waals surface area contributed by atoms with Gasteiger partial charge in [-0.2, -0.15) is 0 Å².